The average molecular weight is 246 g/mol. The van der Waals surface area contributed by atoms with Crippen molar-refractivity contribution in [2.24, 2.45) is 0 Å². The van der Waals surface area contributed by atoms with E-state index in [-0.39, 0.29) is 5.82 Å². The van der Waals surface area contributed by atoms with Crippen LogP contribution in [0.4, 0.5) is 4.39 Å². The molecule has 0 fully saturated rings. The molecule has 2 aromatic rings. The lowest BCUT2D eigenvalue weighted by Crippen LogP contribution is -1.97. The third-order valence-electron chi connectivity index (χ3n) is 2.67. The van der Waals surface area contributed by atoms with Crippen molar-refractivity contribution in [1.82, 2.24) is 0 Å². The number of aryl methyl sites for hydroxylation is 1. The fraction of sp³-hybridized carbons (Fsp3) is 0.200. The van der Waals surface area contributed by atoms with Gasteiger partial charge >= 0.3 is 0 Å². The number of benzene rings is 2. The van der Waals surface area contributed by atoms with Gasteiger partial charge in [-0.05, 0) is 48.4 Å². The maximum Gasteiger partial charge on any atom is 0.123 e. The van der Waals surface area contributed by atoms with E-state index in [0.717, 1.165) is 16.9 Å². The molecular formula is C15H15FO2. The fourth-order valence-corrected chi connectivity index (χ4v) is 1.70. The molecule has 2 rings (SSSR count). The highest BCUT2D eigenvalue weighted by molar-refractivity contribution is 5.33. The highest BCUT2D eigenvalue weighted by atomic mass is 19.1. The zero-order valence-electron chi connectivity index (χ0n) is 10.4. The number of methoxy groups -OCH3 is 1. The lowest BCUT2D eigenvalue weighted by molar-refractivity contribution is 0.302. The summed E-state index contributed by atoms with van der Waals surface area (Å²) in [6, 6.07) is 12.2. The van der Waals surface area contributed by atoms with Crippen LogP contribution in [-0.4, -0.2) is 7.11 Å². The average Bonchev–Trinajstić information content (AvgIpc) is 2.38. The molecule has 0 aliphatic heterocycles. The Morgan fingerprint density at radius 1 is 1.11 bits per heavy atom. The topological polar surface area (TPSA) is 18.5 Å². The van der Waals surface area contributed by atoms with Gasteiger partial charge in [0.1, 0.15) is 23.9 Å². The molecule has 2 nitrogen and oxygen atoms in total. The van der Waals surface area contributed by atoms with Crippen molar-refractivity contribution < 1.29 is 13.9 Å². The molecule has 0 saturated heterocycles. The van der Waals surface area contributed by atoms with Crippen molar-refractivity contribution in [3.63, 3.8) is 0 Å². The van der Waals surface area contributed by atoms with Gasteiger partial charge in [-0.2, -0.15) is 0 Å². The van der Waals surface area contributed by atoms with E-state index in [1.54, 1.807) is 13.2 Å². The van der Waals surface area contributed by atoms with Gasteiger partial charge in [-0.25, -0.2) is 4.39 Å². The van der Waals surface area contributed by atoms with Crippen LogP contribution in [0.5, 0.6) is 11.5 Å². The maximum atomic E-state index is 12.9. The largest absolute Gasteiger partial charge is 0.497 e. The fourth-order valence-electron chi connectivity index (χ4n) is 1.70. The molecule has 0 aromatic heterocycles. The number of ether oxygens (including phenoxy) is 2. The Bertz CT molecular complexity index is 538. The minimum Gasteiger partial charge on any atom is -0.497 e. The smallest absolute Gasteiger partial charge is 0.123 e. The molecule has 0 bridgehead atoms. The van der Waals surface area contributed by atoms with Crippen LogP contribution in [0.25, 0.3) is 0 Å². The van der Waals surface area contributed by atoms with E-state index in [9.17, 15) is 4.39 Å². The van der Waals surface area contributed by atoms with Crippen LogP contribution in [0, 0.1) is 12.7 Å². The zero-order valence-corrected chi connectivity index (χ0v) is 10.4. The lowest BCUT2D eigenvalue weighted by Gasteiger charge is -2.10. The first kappa shape index (κ1) is 12.4. The molecule has 0 saturated carbocycles. The summed E-state index contributed by atoms with van der Waals surface area (Å²) in [6.45, 7) is 2.26. The number of hydrogen-bond acceptors (Lipinski definition) is 2. The first-order chi connectivity index (χ1) is 8.69. The van der Waals surface area contributed by atoms with Crippen molar-refractivity contribution in [1.29, 1.82) is 0 Å². The summed E-state index contributed by atoms with van der Waals surface area (Å²) >= 11 is 0. The molecule has 3 heteroatoms. The van der Waals surface area contributed by atoms with Crippen molar-refractivity contribution in [3.8, 4) is 11.5 Å². The minimum absolute atomic E-state index is 0.249. The molecule has 0 N–H and O–H groups in total. The molecule has 0 radical (unpaired) electrons. The van der Waals surface area contributed by atoms with Gasteiger partial charge in [0, 0.05) is 0 Å². The summed E-state index contributed by atoms with van der Waals surface area (Å²) in [5.41, 5.74) is 1.80. The van der Waals surface area contributed by atoms with E-state index in [1.165, 1.54) is 12.1 Å². The Morgan fingerprint density at radius 2 is 1.94 bits per heavy atom. The van der Waals surface area contributed by atoms with Crippen molar-refractivity contribution in [2.75, 3.05) is 7.11 Å². The normalized spacial score (nSPS) is 10.2. The summed E-state index contributed by atoms with van der Waals surface area (Å²) < 4.78 is 23.7. The molecule has 0 spiro atoms. The van der Waals surface area contributed by atoms with Crippen LogP contribution in [-0.2, 0) is 6.61 Å². The van der Waals surface area contributed by atoms with Gasteiger partial charge in [-0.3, -0.25) is 0 Å². The Morgan fingerprint density at radius 3 is 2.67 bits per heavy atom. The molecule has 94 valence electrons. The van der Waals surface area contributed by atoms with Gasteiger partial charge < -0.3 is 9.47 Å². The summed E-state index contributed by atoms with van der Waals surface area (Å²) in [4.78, 5) is 0. The van der Waals surface area contributed by atoms with E-state index < -0.39 is 0 Å². The van der Waals surface area contributed by atoms with Gasteiger partial charge in [-0.1, -0.05) is 12.1 Å². The van der Waals surface area contributed by atoms with E-state index in [1.807, 2.05) is 31.2 Å². The number of rotatable bonds is 4. The van der Waals surface area contributed by atoms with Crippen molar-refractivity contribution >= 4 is 0 Å². The second kappa shape index (κ2) is 5.54. The highest BCUT2D eigenvalue weighted by Gasteiger charge is 2.02. The molecule has 18 heavy (non-hydrogen) atoms. The summed E-state index contributed by atoms with van der Waals surface area (Å²) in [6.07, 6.45) is 0. The second-order valence-corrected chi connectivity index (χ2v) is 4.05. The molecule has 0 aliphatic rings. The highest BCUT2D eigenvalue weighted by Crippen LogP contribution is 2.20. The predicted octanol–water partition coefficient (Wildman–Crippen LogP) is 3.72. The first-order valence-corrected chi connectivity index (χ1v) is 5.71. The summed E-state index contributed by atoms with van der Waals surface area (Å²) in [5, 5.41) is 0. The van der Waals surface area contributed by atoms with Crippen LogP contribution in [0.3, 0.4) is 0 Å². The monoisotopic (exact) mass is 246 g/mol. The van der Waals surface area contributed by atoms with Gasteiger partial charge in [0.15, 0.2) is 0 Å². The second-order valence-electron chi connectivity index (χ2n) is 4.05. The van der Waals surface area contributed by atoms with Crippen molar-refractivity contribution in [2.45, 2.75) is 13.5 Å². The minimum atomic E-state index is -0.249. The maximum absolute atomic E-state index is 12.9. The predicted molar refractivity (Wildman–Crippen MR) is 68.5 cm³/mol. The van der Waals surface area contributed by atoms with Crippen LogP contribution in [0.1, 0.15) is 11.1 Å². The van der Waals surface area contributed by atoms with Gasteiger partial charge in [0.05, 0.1) is 7.11 Å². The third kappa shape index (κ3) is 3.00. The quantitative estimate of drug-likeness (QED) is 0.818. The Balaban J connectivity index is 2.06. The molecule has 0 atom stereocenters. The van der Waals surface area contributed by atoms with Crippen LogP contribution in [0.15, 0.2) is 42.5 Å². The zero-order chi connectivity index (χ0) is 13.0. The van der Waals surface area contributed by atoms with E-state index in [2.05, 4.69) is 0 Å². The van der Waals surface area contributed by atoms with E-state index in [0.29, 0.717) is 12.4 Å². The Labute approximate surface area is 106 Å². The van der Waals surface area contributed by atoms with Crippen LogP contribution >= 0.6 is 0 Å². The Kier molecular flexibility index (Phi) is 3.82. The molecule has 0 amide bonds. The Hall–Kier alpha value is -2.03. The van der Waals surface area contributed by atoms with E-state index >= 15 is 0 Å². The van der Waals surface area contributed by atoms with Crippen LogP contribution < -0.4 is 9.47 Å². The molecule has 2 aromatic carbocycles. The summed E-state index contributed by atoms with van der Waals surface area (Å²) in [7, 11) is 1.63. The van der Waals surface area contributed by atoms with Gasteiger partial charge in [0.2, 0.25) is 0 Å². The number of hydrogen-bond donors (Lipinski definition) is 0. The molecule has 0 unspecified atom stereocenters. The van der Waals surface area contributed by atoms with Crippen molar-refractivity contribution in [3.05, 3.63) is 59.4 Å². The standard InChI is InChI=1S/C15H15FO2/c1-11-8-13(16)6-7-15(11)18-10-12-4-3-5-14(9-12)17-2/h3-9H,10H2,1-2H3. The van der Waals surface area contributed by atoms with E-state index in [4.69, 9.17) is 9.47 Å². The first-order valence-electron chi connectivity index (χ1n) is 5.71. The van der Waals surface area contributed by atoms with Crippen LogP contribution in [0.2, 0.25) is 0 Å². The lowest BCUT2D eigenvalue weighted by atomic mass is 10.2. The number of halogens is 1. The third-order valence-corrected chi connectivity index (χ3v) is 2.67. The van der Waals surface area contributed by atoms with Gasteiger partial charge in [-0.15, -0.1) is 0 Å². The molecular weight excluding hydrogens is 231 g/mol. The van der Waals surface area contributed by atoms with Gasteiger partial charge in [0.25, 0.3) is 0 Å². The molecule has 0 aliphatic carbocycles. The SMILES string of the molecule is COc1cccc(COc2ccc(F)cc2C)c1. The summed E-state index contributed by atoms with van der Waals surface area (Å²) in [5.74, 6) is 1.24. The molecule has 0 heterocycles.